The normalized spacial score (nSPS) is 26.9. The average Bonchev–Trinajstić information content (AvgIpc) is 2.19. The van der Waals surface area contributed by atoms with Gasteiger partial charge in [-0.2, -0.15) is 0 Å². The van der Waals surface area contributed by atoms with Gasteiger partial charge in [-0.1, -0.05) is 31.2 Å². The van der Waals surface area contributed by atoms with Gasteiger partial charge in [-0.3, -0.25) is 0 Å². The standard InChI is InChI=1S/C12H17N/c1-12(9-13)8-4-6-10-5-2-3-7-11(10)12/h2-3,5,7H,4,6,8-9,13H2,1H3/t12-/m1/s1. The minimum Gasteiger partial charge on any atom is -0.330 e. The highest BCUT2D eigenvalue weighted by atomic mass is 14.6. The molecule has 70 valence electrons. The Morgan fingerprint density at radius 2 is 2.15 bits per heavy atom. The molecule has 0 amide bonds. The summed E-state index contributed by atoms with van der Waals surface area (Å²) in [4.78, 5) is 0. The van der Waals surface area contributed by atoms with Crippen molar-refractivity contribution < 1.29 is 0 Å². The third-order valence-corrected chi connectivity index (χ3v) is 3.29. The number of nitrogens with two attached hydrogens (primary N) is 1. The summed E-state index contributed by atoms with van der Waals surface area (Å²) in [5.74, 6) is 0. The van der Waals surface area contributed by atoms with Gasteiger partial charge in [0.15, 0.2) is 0 Å². The second-order valence-electron chi connectivity index (χ2n) is 4.28. The van der Waals surface area contributed by atoms with Crippen molar-refractivity contribution in [1.82, 2.24) is 0 Å². The predicted octanol–water partition coefficient (Wildman–Crippen LogP) is 2.24. The van der Waals surface area contributed by atoms with Crippen LogP contribution in [-0.4, -0.2) is 6.54 Å². The summed E-state index contributed by atoms with van der Waals surface area (Å²) in [5.41, 5.74) is 9.06. The fourth-order valence-electron chi connectivity index (χ4n) is 2.34. The Labute approximate surface area is 80.0 Å². The van der Waals surface area contributed by atoms with Crippen LogP contribution in [0.3, 0.4) is 0 Å². The lowest BCUT2D eigenvalue weighted by Crippen LogP contribution is -2.35. The summed E-state index contributed by atoms with van der Waals surface area (Å²) < 4.78 is 0. The van der Waals surface area contributed by atoms with E-state index < -0.39 is 0 Å². The van der Waals surface area contributed by atoms with E-state index in [1.165, 1.54) is 30.4 Å². The second kappa shape index (κ2) is 3.15. The zero-order valence-corrected chi connectivity index (χ0v) is 8.22. The van der Waals surface area contributed by atoms with Crippen LogP contribution in [0.4, 0.5) is 0 Å². The smallest absolute Gasteiger partial charge is 0.00501 e. The van der Waals surface area contributed by atoms with Gasteiger partial charge < -0.3 is 5.73 Å². The van der Waals surface area contributed by atoms with Crippen LogP contribution in [0.15, 0.2) is 24.3 Å². The van der Waals surface area contributed by atoms with Gasteiger partial charge in [0.25, 0.3) is 0 Å². The molecule has 0 aliphatic heterocycles. The molecule has 0 saturated carbocycles. The topological polar surface area (TPSA) is 26.0 Å². The van der Waals surface area contributed by atoms with E-state index in [1.54, 1.807) is 0 Å². The Morgan fingerprint density at radius 1 is 1.38 bits per heavy atom. The quantitative estimate of drug-likeness (QED) is 0.696. The van der Waals surface area contributed by atoms with Crippen molar-refractivity contribution in [3.63, 3.8) is 0 Å². The molecular weight excluding hydrogens is 158 g/mol. The van der Waals surface area contributed by atoms with Gasteiger partial charge in [0.1, 0.15) is 0 Å². The van der Waals surface area contributed by atoms with Crippen LogP contribution in [0, 0.1) is 0 Å². The first-order chi connectivity index (χ1) is 6.26. The van der Waals surface area contributed by atoms with Gasteiger partial charge in [-0.15, -0.1) is 0 Å². The predicted molar refractivity (Wildman–Crippen MR) is 55.8 cm³/mol. The Bertz CT molecular complexity index is 306. The van der Waals surface area contributed by atoms with E-state index in [0.717, 1.165) is 6.54 Å². The van der Waals surface area contributed by atoms with Crippen molar-refractivity contribution in [2.45, 2.75) is 31.6 Å². The van der Waals surface area contributed by atoms with Crippen molar-refractivity contribution in [1.29, 1.82) is 0 Å². The van der Waals surface area contributed by atoms with Crippen LogP contribution in [0.2, 0.25) is 0 Å². The van der Waals surface area contributed by atoms with Crippen molar-refractivity contribution in [2.24, 2.45) is 5.73 Å². The highest BCUT2D eigenvalue weighted by Crippen LogP contribution is 2.35. The van der Waals surface area contributed by atoms with Crippen LogP contribution in [-0.2, 0) is 11.8 Å². The van der Waals surface area contributed by atoms with Crippen molar-refractivity contribution in [3.8, 4) is 0 Å². The maximum absolute atomic E-state index is 5.85. The molecule has 0 radical (unpaired) electrons. The molecule has 0 heterocycles. The molecule has 0 spiro atoms. The number of hydrogen-bond acceptors (Lipinski definition) is 1. The lowest BCUT2D eigenvalue weighted by Gasteiger charge is -2.34. The van der Waals surface area contributed by atoms with Crippen LogP contribution >= 0.6 is 0 Å². The molecule has 1 atom stereocenters. The molecule has 0 bridgehead atoms. The van der Waals surface area contributed by atoms with Crippen LogP contribution in [0.25, 0.3) is 0 Å². The van der Waals surface area contributed by atoms with Crippen LogP contribution < -0.4 is 5.73 Å². The number of aryl methyl sites for hydroxylation is 1. The first kappa shape index (κ1) is 8.76. The van der Waals surface area contributed by atoms with Crippen molar-refractivity contribution in [3.05, 3.63) is 35.4 Å². The van der Waals surface area contributed by atoms with E-state index >= 15 is 0 Å². The SMILES string of the molecule is C[C@]1(CN)CCCc2ccccc21. The number of benzene rings is 1. The number of rotatable bonds is 1. The minimum absolute atomic E-state index is 0.231. The van der Waals surface area contributed by atoms with Crippen molar-refractivity contribution >= 4 is 0 Å². The minimum atomic E-state index is 0.231. The molecule has 1 aliphatic rings. The Morgan fingerprint density at radius 3 is 2.92 bits per heavy atom. The molecule has 2 N–H and O–H groups in total. The number of hydrogen-bond donors (Lipinski definition) is 1. The monoisotopic (exact) mass is 175 g/mol. The van der Waals surface area contributed by atoms with Gasteiger partial charge in [-0.25, -0.2) is 0 Å². The van der Waals surface area contributed by atoms with E-state index in [0.29, 0.717) is 0 Å². The summed E-state index contributed by atoms with van der Waals surface area (Å²) in [6.45, 7) is 3.05. The first-order valence-corrected chi connectivity index (χ1v) is 5.05. The molecule has 1 nitrogen and oxygen atoms in total. The summed E-state index contributed by atoms with van der Waals surface area (Å²) in [7, 11) is 0. The van der Waals surface area contributed by atoms with Gasteiger partial charge in [0, 0.05) is 12.0 Å². The lowest BCUT2D eigenvalue weighted by molar-refractivity contribution is 0.404. The van der Waals surface area contributed by atoms with Gasteiger partial charge in [0.2, 0.25) is 0 Å². The highest BCUT2D eigenvalue weighted by molar-refractivity contribution is 5.36. The van der Waals surface area contributed by atoms with E-state index in [4.69, 9.17) is 5.73 Å². The van der Waals surface area contributed by atoms with E-state index in [-0.39, 0.29) is 5.41 Å². The van der Waals surface area contributed by atoms with E-state index in [2.05, 4.69) is 31.2 Å². The first-order valence-electron chi connectivity index (χ1n) is 5.05. The third kappa shape index (κ3) is 1.37. The van der Waals surface area contributed by atoms with Gasteiger partial charge in [-0.05, 0) is 30.4 Å². The largest absolute Gasteiger partial charge is 0.330 e. The maximum atomic E-state index is 5.85. The molecule has 13 heavy (non-hydrogen) atoms. The lowest BCUT2D eigenvalue weighted by atomic mass is 9.71. The highest BCUT2D eigenvalue weighted by Gasteiger charge is 2.29. The molecule has 1 heteroatoms. The van der Waals surface area contributed by atoms with E-state index in [1.807, 2.05) is 0 Å². The fourth-order valence-corrected chi connectivity index (χ4v) is 2.34. The Balaban J connectivity index is 2.48. The zero-order chi connectivity index (χ0) is 9.31. The van der Waals surface area contributed by atoms with E-state index in [9.17, 15) is 0 Å². The average molecular weight is 175 g/mol. The molecular formula is C12H17N. The van der Waals surface area contributed by atoms with Crippen molar-refractivity contribution in [2.75, 3.05) is 6.54 Å². The van der Waals surface area contributed by atoms with Crippen LogP contribution in [0.1, 0.15) is 30.9 Å². The summed E-state index contributed by atoms with van der Waals surface area (Å²) >= 11 is 0. The maximum Gasteiger partial charge on any atom is 0.00501 e. The number of fused-ring (bicyclic) bond motifs is 1. The molecule has 2 rings (SSSR count). The molecule has 0 unspecified atom stereocenters. The molecule has 1 aliphatic carbocycles. The molecule has 0 aromatic heterocycles. The Kier molecular flexibility index (Phi) is 2.12. The molecule has 0 saturated heterocycles. The fraction of sp³-hybridized carbons (Fsp3) is 0.500. The van der Waals surface area contributed by atoms with Gasteiger partial charge in [0.05, 0.1) is 0 Å². The third-order valence-electron chi connectivity index (χ3n) is 3.29. The summed E-state index contributed by atoms with van der Waals surface area (Å²) in [6.07, 6.45) is 3.75. The molecule has 1 aromatic carbocycles. The zero-order valence-electron chi connectivity index (χ0n) is 8.22. The molecule has 0 fully saturated rings. The summed E-state index contributed by atoms with van der Waals surface area (Å²) in [6, 6.07) is 8.73. The Hall–Kier alpha value is -0.820. The molecule has 1 aromatic rings. The second-order valence-corrected chi connectivity index (χ2v) is 4.28. The van der Waals surface area contributed by atoms with Gasteiger partial charge >= 0.3 is 0 Å². The summed E-state index contributed by atoms with van der Waals surface area (Å²) in [5, 5.41) is 0. The van der Waals surface area contributed by atoms with Crippen LogP contribution in [0.5, 0.6) is 0 Å².